The zero-order valence-electron chi connectivity index (χ0n) is 6.29. The van der Waals surface area contributed by atoms with Crippen molar-refractivity contribution in [1.82, 2.24) is 10.3 Å². The van der Waals surface area contributed by atoms with E-state index in [0.29, 0.717) is 5.92 Å². The quantitative estimate of drug-likeness (QED) is 0.716. The van der Waals surface area contributed by atoms with Crippen molar-refractivity contribution in [3.8, 4) is 0 Å². The SMILES string of the molecule is CNC[C@H](C)c1nccs1. The Balaban J connectivity index is 2.50. The third-order valence-corrected chi connectivity index (χ3v) is 2.39. The smallest absolute Gasteiger partial charge is 0.0965 e. The Morgan fingerprint density at radius 3 is 3.10 bits per heavy atom. The number of nitrogens with zero attached hydrogens (tertiary/aromatic N) is 1. The van der Waals surface area contributed by atoms with Crippen molar-refractivity contribution in [1.29, 1.82) is 0 Å². The second kappa shape index (κ2) is 3.68. The standard InChI is InChI=1S/C7H12N2S/c1-6(5-8-2)7-9-3-4-10-7/h3-4,6,8H,5H2,1-2H3/t6-/m0/s1. The summed E-state index contributed by atoms with van der Waals surface area (Å²) >= 11 is 1.72. The van der Waals surface area contributed by atoms with Crippen molar-refractivity contribution in [3.05, 3.63) is 16.6 Å². The Morgan fingerprint density at radius 1 is 1.80 bits per heavy atom. The summed E-state index contributed by atoms with van der Waals surface area (Å²) < 4.78 is 0. The maximum absolute atomic E-state index is 4.21. The maximum atomic E-state index is 4.21. The number of aromatic nitrogens is 1. The summed E-state index contributed by atoms with van der Waals surface area (Å²) in [6.45, 7) is 3.18. The molecule has 3 heteroatoms. The Morgan fingerprint density at radius 2 is 2.60 bits per heavy atom. The van der Waals surface area contributed by atoms with Crippen LogP contribution in [0.15, 0.2) is 11.6 Å². The summed E-state index contributed by atoms with van der Waals surface area (Å²) in [6.07, 6.45) is 1.85. The van der Waals surface area contributed by atoms with Crippen LogP contribution in [0, 0.1) is 0 Å². The lowest BCUT2D eigenvalue weighted by Gasteiger charge is -2.04. The lowest BCUT2D eigenvalue weighted by atomic mass is 10.2. The molecule has 0 saturated carbocycles. The minimum atomic E-state index is 0.546. The molecule has 0 aliphatic rings. The van der Waals surface area contributed by atoms with E-state index in [4.69, 9.17) is 0 Å². The largest absolute Gasteiger partial charge is 0.319 e. The summed E-state index contributed by atoms with van der Waals surface area (Å²) in [5.41, 5.74) is 0. The van der Waals surface area contributed by atoms with Gasteiger partial charge in [0.05, 0.1) is 5.01 Å². The fraction of sp³-hybridized carbons (Fsp3) is 0.571. The lowest BCUT2D eigenvalue weighted by molar-refractivity contribution is 0.674. The van der Waals surface area contributed by atoms with Crippen LogP contribution in [0.3, 0.4) is 0 Å². The van der Waals surface area contributed by atoms with E-state index in [1.807, 2.05) is 18.6 Å². The van der Waals surface area contributed by atoms with Gasteiger partial charge in [-0.05, 0) is 7.05 Å². The Labute approximate surface area is 65.3 Å². The summed E-state index contributed by atoms with van der Waals surface area (Å²) in [6, 6.07) is 0. The molecule has 1 aromatic heterocycles. The van der Waals surface area contributed by atoms with Crippen LogP contribution < -0.4 is 5.32 Å². The van der Waals surface area contributed by atoms with E-state index >= 15 is 0 Å². The molecule has 1 aromatic rings. The number of hydrogen-bond acceptors (Lipinski definition) is 3. The second-order valence-corrected chi connectivity index (χ2v) is 3.26. The Bertz CT molecular complexity index is 172. The van der Waals surface area contributed by atoms with Gasteiger partial charge in [0, 0.05) is 24.0 Å². The van der Waals surface area contributed by atoms with Gasteiger partial charge in [0.2, 0.25) is 0 Å². The van der Waals surface area contributed by atoms with Crippen molar-refractivity contribution in [2.45, 2.75) is 12.8 Å². The zero-order chi connectivity index (χ0) is 7.40. The first-order valence-corrected chi connectivity index (χ1v) is 4.26. The highest BCUT2D eigenvalue weighted by molar-refractivity contribution is 7.09. The van der Waals surface area contributed by atoms with Crippen molar-refractivity contribution >= 4 is 11.3 Å². The molecule has 0 aliphatic carbocycles. The van der Waals surface area contributed by atoms with E-state index in [2.05, 4.69) is 17.2 Å². The van der Waals surface area contributed by atoms with Crippen LogP contribution in [0.1, 0.15) is 17.8 Å². The molecule has 10 heavy (non-hydrogen) atoms. The fourth-order valence-corrected chi connectivity index (χ4v) is 1.57. The monoisotopic (exact) mass is 156 g/mol. The average Bonchev–Trinajstić information content (AvgIpc) is 2.38. The number of nitrogens with one attached hydrogen (secondary N) is 1. The lowest BCUT2D eigenvalue weighted by Crippen LogP contribution is -2.14. The van der Waals surface area contributed by atoms with Gasteiger partial charge >= 0.3 is 0 Å². The predicted octanol–water partition coefficient (Wildman–Crippen LogP) is 1.47. The van der Waals surface area contributed by atoms with Gasteiger partial charge in [-0.2, -0.15) is 0 Å². The number of thiazole rings is 1. The fourth-order valence-electron chi connectivity index (χ4n) is 0.871. The first-order chi connectivity index (χ1) is 4.84. The van der Waals surface area contributed by atoms with Gasteiger partial charge < -0.3 is 5.32 Å². The highest BCUT2D eigenvalue weighted by Gasteiger charge is 2.04. The molecule has 0 radical (unpaired) electrons. The molecule has 1 rings (SSSR count). The van der Waals surface area contributed by atoms with Gasteiger partial charge in [0.1, 0.15) is 0 Å². The van der Waals surface area contributed by atoms with Crippen molar-refractivity contribution < 1.29 is 0 Å². The van der Waals surface area contributed by atoms with Crippen molar-refractivity contribution in [3.63, 3.8) is 0 Å². The minimum absolute atomic E-state index is 0.546. The van der Waals surface area contributed by atoms with E-state index in [-0.39, 0.29) is 0 Å². The van der Waals surface area contributed by atoms with Gasteiger partial charge in [-0.15, -0.1) is 11.3 Å². The minimum Gasteiger partial charge on any atom is -0.319 e. The number of likely N-dealkylation sites (N-methyl/N-ethyl adjacent to an activating group) is 1. The second-order valence-electron chi connectivity index (χ2n) is 2.33. The van der Waals surface area contributed by atoms with Crippen molar-refractivity contribution in [2.75, 3.05) is 13.6 Å². The topological polar surface area (TPSA) is 24.9 Å². The number of rotatable bonds is 3. The molecule has 2 nitrogen and oxygen atoms in total. The molecular weight excluding hydrogens is 144 g/mol. The van der Waals surface area contributed by atoms with Gasteiger partial charge in [-0.25, -0.2) is 4.98 Å². The molecule has 0 aromatic carbocycles. The molecule has 1 N–H and O–H groups in total. The third-order valence-electron chi connectivity index (χ3n) is 1.38. The Kier molecular flexibility index (Phi) is 2.83. The highest BCUT2D eigenvalue weighted by atomic mass is 32.1. The van der Waals surface area contributed by atoms with E-state index in [1.54, 1.807) is 11.3 Å². The maximum Gasteiger partial charge on any atom is 0.0965 e. The number of hydrogen-bond donors (Lipinski definition) is 1. The van der Waals surface area contributed by atoms with Crippen LogP contribution in [0.4, 0.5) is 0 Å². The highest BCUT2D eigenvalue weighted by Crippen LogP contribution is 2.15. The first kappa shape index (κ1) is 7.69. The first-order valence-electron chi connectivity index (χ1n) is 3.38. The van der Waals surface area contributed by atoms with Crippen LogP contribution in [-0.2, 0) is 0 Å². The third kappa shape index (κ3) is 1.78. The molecule has 0 aliphatic heterocycles. The van der Waals surface area contributed by atoms with E-state index in [1.165, 1.54) is 5.01 Å². The molecule has 1 heterocycles. The Hall–Kier alpha value is -0.410. The summed E-state index contributed by atoms with van der Waals surface area (Å²) in [5.74, 6) is 0.546. The van der Waals surface area contributed by atoms with E-state index < -0.39 is 0 Å². The molecule has 0 unspecified atom stereocenters. The molecule has 0 fully saturated rings. The predicted molar refractivity (Wildman–Crippen MR) is 44.5 cm³/mol. The van der Waals surface area contributed by atoms with Crippen LogP contribution in [0.5, 0.6) is 0 Å². The van der Waals surface area contributed by atoms with Crippen LogP contribution in [-0.4, -0.2) is 18.6 Å². The molecule has 0 saturated heterocycles. The summed E-state index contributed by atoms with van der Waals surface area (Å²) in [5, 5.41) is 6.35. The molecule has 1 atom stereocenters. The molecular formula is C7H12N2S. The molecule has 56 valence electrons. The van der Waals surface area contributed by atoms with Crippen LogP contribution in [0.25, 0.3) is 0 Å². The molecule has 0 bridgehead atoms. The zero-order valence-corrected chi connectivity index (χ0v) is 7.11. The van der Waals surface area contributed by atoms with Crippen molar-refractivity contribution in [2.24, 2.45) is 0 Å². The van der Waals surface area contributed by atoms with Gasteiger partial charge in [0.15, 0.2) is 0 Å². The van der Waals surface area contributed by atoms with Crippen LogP contribution >= 0.6 is 11.3 Å². The summed E-state index contributed by atoms with van der Waals surface area (Å²) in [7, 11) is 1.96. The van der Waals surface area contributed by atoms with Crippen LogP contribution in [0.2, 0.25) is 0 Å². The average molecular weight is 156 g/mol. The van der Waals surface area contributed by atoms with E-state index in [0.717, 1.165) is 6.54 Å². The van der Waals surface area contributed by atoms with E-state index in [9.17, 15) is 0 Å². The van der Waals surface area contributed by atoms with Gasteiger partial charge in [-0.3, -0.25) is 0 Å². The normalized spacial score (nSPS) is 13.4. The molecule has 0 amide bonds. The van der Waals surface area contributed by atoms with Gasteiger partial charge in [0.25, 0.3) is 0 Å². The van der Waals surface area contributed by atoms with Gasteiger partial charge in [-0.1, -0.05) is 6.92 Å². The molecule has 0 spiro atoms. The summed E-state index contributed by atoms with van der Waals surface area (Å²) in [4.78, 5) is 4.21.